The molecule has 0 spiro atoms. The summed E-state index contributed by atoms with van der Waals surface area (Å²) < 4.78 is 2.98. The molecule has 31 heavy (non-hydrogen) atoms. The number of carbonyl (C=O) groups excluding carboxylic acids is 1. The summed E-state index contributed by atoms with van der Waals surface area (Å²) in [6.07, 6.45) is 5.45. The van der Waals surface area contributed by atoms with E-state index in [0.717, 1.165) is 48.9 Å². The summed E-state index contributed by atoms with van der Waals surface area (Å²) in [7, 11) is 0. The second-order valence-electron chi connectivity index (χ2n) is 8.22. The molecule has 5 nitrogen and oxygen atoms in total. The molecule has 0 saturated carbocycles. The molecule has 6 heteroatoms. The number of nitrogens with one attached hydrogen (secondary N) is 1. The number of nitrogens with zero attached hydrogens (tertiary/aromatic N) is 3. The Bertz CT molecular complexity index is 1030. The third kappa shape index (κ3) is 5.83. The van der Waals surface area contributed by atoms with Gasteiger partial charge in [0.25, 0.3) is 5.91 Å². The summed E-state index contributed by atoms with van der Waals surface area (Å²) >= 11 is 3.61. The second-order valence-corrected chi connectivity index (χ2v) is 9.13. The molecule has 0 unspecified atom stereocenters. The van der Waals surface area contributed by atoms with Crippen LogP contribution < -0.4 is 5.43 Å². The van der Waals surface area contributed by atoms with Crippen molar-refractivity contribution >= 4 is 21.8 Å². The first-order valence-electron chi connectivity index (χ1n) is 11.0. The quantitative estimate of drug-likeness (QED) is 0.522. The molecule has 1 amide bonds. The summed E-state index contributed by atoms with van der Waals surface area (Å²) in [5.41, 5.74) is 8.33. The van der Waals surface area contributed by atoms with E-state index in [4.69, 9.17) is 0 Å². The van der Waals surface area contributed by atoms with E-state index in [1.54, 1.807) is 0 Å². The fraction of sp³-hybridized carbons (Fsp3) is 0.360. The van der Waals surface area contributed by atoms with Gasteiger partial charge in [0.05, 0.1) is 6.54 Å². The minimum absolute atomic E-state index is 0.123. The standard InChI is InChI=1S/C25H29BrN4O/c1-19-16-24(25(31)28-29-14-6-3-7-15-29)27-30(19)18-22-17-23(26)13-12-21(22)11-10-20-8-4-2-5-9-20/h2,4-5,8-9,12-13,16-17H,3,6-7,10-11,14-15,18H2,1H3,(H,28,31). The van der Waals surface area contributed by atoms with Gasteiger partial charge < -0.3 is 0 Å². The Labute approximate surface area is 192 Å². The van der Waals surface area contributed by atoms with Crippen LogP contribution in [-0.2, 0) is 19.4 Å². The molecule has 1 N–H and O–H groups in total. The van der Waals surface area contributed by atoms with Crippen LogP contribution in [-0.4, -0.2) is 33.8 Å². The van der Waals surface area contributed by atoms with Gasteiger partial charge in [0.1, 0.15) is 0 Å². The smallest absolute Gasteiger partial charge is 0.283 e. The number of halogens is 1. The summed E-state index contributed by atoms with van der Waals surface area (Å²) in [5.74, 6) is -0.123. The molecule has 0 bridgehead atoms. The van der Waals surface area contributed by atoms with E-state index in [9.17, 15) is 4.79 Å². The average molecular weight is 481 g/mol. The normalized spacial score (nSPS) is 14.5. The van der Waals surface area contributed by atoms with Gasteiger partial charge in [0.15, 0.2) is 5.69 Å². The predicted octanol–water partition coefficient (Wildman–Crippen LogP) is 4.92. The van der Waals surface area contributed by atoms with E-state index in [1.807, 2.05) is 28.7 Å². The maximum absolute atomic E-state index is 12.7. The molecular formula is C25H29BrN4O. The van der Waals surface area contributed by atoms with Crippen molar-refractivity contribution < 1.29 is 4.79 Å². The summed E-state index contributed by atoms with van der Waals surface area (Å²) in [5, 5.41) is 6.63. The number of amides is 1. The lowest BCUT2D eigenvalue weighted by atomic mass is 10.00. The van der Waals surface area contributed by atoms with Crippen LogP contribution in [0.5, 0.6) is 0 Å². The molecule has 0 atom stereocenters. The van der Waals surface area contributed by atoms with Gasteiger partial charge in [-0.2, -0.15) is 5.10 Å². The monoisotopic (exact) mass is 480 g/mol. The fourth-order valence-corrected chi connectivity index (χ4v) is 4.47. The number of benzene rings is 2. The molecule has 1 aromatic heterocycles. The van der Waals surface area contributed by atoms with Gasteiger partial charge in [-0.25, -0.2) is 5.01 Å². The van der Waals surface area contributed by atoms with E-state index < -0.39 is 0 Å². The maximum atomic E-state index is 12.7. The van der Waals surface area contributed by atoms with Gasteiger partial charge in [-0.1, -0.05) is 58.7 Å². The van der Waals surface area contributed by atoms with Crippen molar-refractivity contribution in [2.45, 2.75) is 45.6 Å². The van der Waals surface area contributed by atoms with Crippen LogP contribution in [0.4, 0.5) is 0 Å². The van der Waals surface area contributed by atoms with Crippen molar-refractivity contribution in [1.82, 2.24) is 20.2 Å². The Balaban J connectivity index is 1.47. The minimum atomic E-state index is -0.123. The summed E-state index contributed by atoms with van der Waals surface area (Å²) in [6.45, 7) is 4.47. The molecule has 2 heterocycles. The predicted molar refractivity (Wildman–Crippen MR) is 127 cm³/mol. The van der Waals surface area contributed by atoms with E-state index in [-0.39, 0.29) is 5.91 Å². The van der Waals surface area contributed by atoms with Crippen molar-refractivity contribution in [3.63, 3.8) is 0 Å². The first kappa shape index (κ1) is 21.8. The molecule has 0 radical (unpaired) electrons. The van der Waals surface area contributed by atoms with Crippen LogP contribution in [0.25, 0.3) is 0 Å². The number of aryl methyl sites for hydroxylation is 3. The zero-order chi connectivity index (χ0) is 21.6. The molecule has 2 aromatic carbocycles. The molecule has 3 aromatic rings. The third-order valence-corrected chi connectivity index (χ3v) is 6.34. The Kier molecular flexibility index (Phi) is 7.20. The largest absolute Gasteiger partial charge is 0.286 e. The molecular weight excluding hydrogens is 452 g/mol. The van der Waals surface area contributed by atoms with Crippen LogP contribution in [0, 0.1) is 6.92 Å². The number of hydrogen-bond donors (Lipinski definition) is 1. The molecule has 1 saturated heterocycles. The number of hydrogen-bond acceptors (Lipinski definition) is 3. The molecule has 0 aliphatic carbocycles. The van der Waals surface area contributed by atoms with Crippen molar-refractivity contribution in [2.75, 3.05) is 13.1 Å². The van der Waals surface area contributed by atoms with Gasteiger partial charge in [0, 0.05) is 23.3 Å². The average Bonchev–Trinajstić information content (AvgIpc) is 3.15. The van der Waals surface area contributed by atoms with Crippen LogP contribution in [0.2, 0.25) is 0 Å². The van der Waals surface area contributed by atoms with E-state index >= 15 is 0 Å². The van der Waals surface area contributed by atoms with Crippen molar-refractivity contribution in [3.8, 4) is 0 Å². The Morgan fingerprint density at radius 2 is 1.77 bits per heavy atom. The topological polar surface area (TPSA) is 50.2 Å². The molecule has 4 rings (SSSR count). The Morgan fingerprint density at radius 1 is 1.00 bits per heavy atom. The van der Waals surface area contributed by atoms with E-state index in [2.05, 4.69) is 68.9 Å². The maximum Gasteiger partial charge on any atom is 0.286 e. The van der Waals surface area contributed by atoms with Gasteiger partial charge in [-0.05, 0) is 67.5 Å². The SMILES string of the molecule is Cc1cc(C(=O)NN2CCCCC2)nn1Cc1cc(Br)ccc1CCc1ccccc1. The number of hydrazine groups is 1. The van der Waals surface area contributed by atoms with Gasteiger partial charge in [0.2, 0.25) is 0 Å². The first-order valence-corrected chi connectivity index (χ1v) is 11.8. The lowest BCUT2D eigenvalue weighted by Crippen LogP contribution is -2.45. The van der Waals surface area contributed by atoms with Crippen LogP contribution in [0.3, 0.4) is 0 Å². The summed E-state index contributed by atoms with van der Waals surface area (Å²) in [6, 6.07) is 18.9. The third-order valence-electron chi connectivity index (χ3n) is 5.84. The van der Waals surface area contributed by atoms with Crippen molar-refractivity contribution in [2.24, 2.45) is 0 Å². The molecule has 1 aliphatic heterocycles. The highest BCUT2D eigenvalue weighted by molar-refractivity contribution is 9.10. The zero-order valence-corrected chi connectivity index (χ0v) is 19.6. The zero-order valence-electron chi connectivity index (χ0n) is 18.0. The lowest BCUT2D eigenvalue weighted by Gasteiger charge is -2.26. The highest BCUT2D eigenvalue weighted by Crippen LogP contribution is 2.21. The van der Waals surface area contributed by atoms with Gasteiger partial charge in [-0.15, -0.1) is 0 Å². The Morgan fingerprint density at radius 3 is 2.55 bits per heavy atom. The van der Waals surface area contributed by atoms with Crippen molar-refractivity contribution in [3.05, 3.63) is 87.1 Å². The molecule has 1 aliphatic rings. The highest BCUT2D eigenvalue weighted by atomic mass is 79.9. The van der Waals surface area contributed by atoms with Gasteiger partial charge in [-0.3, -0.25) is 14.9 Å². The van der Waals surface area contributed by atoms with E-state index in [0.29, 0.717) is 12.2 Å². The fourth-order valence-electron chi connectivity index (χ4n) is 4.06. The molecule has 162 valence electrons. The Hall–Kier alpha value is -2.44. The van der Waals surface area contributed by atoms with Crippen molar-refractivity contribution in [1.29, 1.82) is 0 Å². The first-order chi connectivity index (χ1) is 15.1. The lowest BCUT2D eigenvalue weighted by molar-refractivity contribution is 0.0744. The second kappa shape index (κ2) is 10.2. The highest BCUT2D eigenvalue weighted by Gasteiger charge is 2.18. The van der Waals surface area contributed by atoms with Crippen LogP contribution in [0.15, 0.2) is 59.1 Å². The van der Waals surface area contributed by atoms with Gasteiger partial charge >= 0.3 is 0 Å². The van der Waals surface area contributed by atoms with E-state index in [1.165, 1.54) is 23.1 Å². The molecule has 1 fully saturated rings. The summed E-state index contributed by atoms with van der Waals surface area (Å²) in [4.78, 5) is 12.7. The van der Waals surface area contributed by atoms with Crippen LogP contribution >= 0.6 is 15.9 Å². The number of rotatable bonds is 7. The number of piperidine rings is 1. The van der Waals surface area contributed by atoms with Crippen LogP contribution in [0.1, 0.15) is 52.1 Å². The minimum Gasteiger partial charge on any atom is -0.283 e. The number of carbonyl (C=O) groups is 1. The number of aromatic nitrogens is 2.